The lowest BCUT2D eigenvalue weighted by Gasteiger charge is -2.22. The smallest absolute Gasteiger partial charge is 0.244 e. The molecule has 0 radical (unpaired) electrons. The first-order valence-corrected chi connectivity index (χ1v) is 7.66. The Morgan fingerprint density at radius 3 is 2.90 bits per heavy atom. The molecule has 3 aliphatic rings. The molecule has 2 saturated carbocycles. The quantitative estimate of drug-likeness (QED) is 0.869. The molecule has 0 spiro atoms. The van der Waals surface area contributed by atoms with Gasteiger partial charge >= 0.3 is 0 Å². The number of carbonyl (C=O) groups excluding carboxylic acids is 1. The van der Waals surface area contributed by atoms with E-state index < -0.39 is 0 Å². The molecule has 4 nitrogen and oxygen atoms in total. The molecule has 2 fully saturated rings. The van der Waals surface area contributed by atoms with Gasteiger partial charge in [0.25, 0.3) is 0 Å². The minimum absolute atomic E-state index is 0.00483. The molecule has 0 unspecified atom stereocenters. The van der Waals surface area contributed by atoms with Gasteiger partial charge in [-0.15, -0.1) is 0 Å². The Kier molecular flexibility index (Phi) is 3.09. The Morgan fingerprint density at radius 1 is 1.19 bits per heavy atom. The number of benzene rings is 1. The van der Waals surface area contributed by atoms with E-state index in [0.29, 0.717) is 12.0 Å². The van der Waals surface area contributed by atoms with Crippen LogP contribution < -0.4 is 14.8 Å². The van der Waals surface area contributed by atoms with Crippen molar-refractivity contribution in [2.45, 2.75) is 31.7 Å². The lowest BCUT2D eigenvalue weighted by atomic mass is 9.95. The van der Waals surface area contributed by atoms with Gasteiger partial charge in [0.05, 0.1) is 0 Å². The Bertz CT molecular complexity index is 596. The summed E-state index contributed by atoms with van der Waals surface area (Å²) in [4.78, 5) is 12.0. The van der Waals surface area contributed by atoms with E-state index in [1.54, 1.807) is 6.08 Å². The maximum absolute atomic E-state index is 12.0. The minimum atomic E-state index is 0.00483. The van der Waals surface area contributed by atoms with E-state index in [-0.39, 0.29) is 12.7 Å². The van der Waals surface area contributed by atoms with Crippen LogP contribution in [0.4, 0.5) is 0 Å². The van der Waals surface area contributed by atoms with Crippen LogP contribution in [0.25, 0.3) is 6.08 Å². The first-order valence-electron chi connectivity index (χ1n) is 7.66. The molecule has 21 heavy (non-hydrogen) atoms. The van der Waals surface area contributed by atoms with Crippen molar-refractivity contribution in [1.82, 2.24) is 5.32 Å². The molecule has 3 atom stereocenters. The number of fused-ring (bicyclic) bond motifs is 3. The summed E-state index contributed by atoms with van der Waals surface area (Å²) in [6.07, 6.45) is 8.53. The summed E-state index contributed by atoms with van der Waals surface area (Å²) in [6, 6.07) is 6.08. The van der Waals surface area contributed by atoms with Crippen LogP contribution in [0.3, 0.4) is 0 Å². The van der Waals surface area contributed by atoms with Gasteiger partial charge in [0.1, 0.15) is 0 Å². The SMILES string of the molecule is O=C(/C=C/c1ccc2c(c1)OCO2)N[C@@H]1C[C@H]2CC[C@H]1C2. The summed E-state index contributed by atoms with van der Waals surface area (Å²) in [5.41, 5.74) is 0.947. The van der Waals surface area contributed by atoms with E-state index in [0.717, 1.165) is 29.4 Å². The van der Waals surface area contributed by atoms with Crippen LogP contribution in [0.5, 0.6) is 11.5 Å². The van der Waals surface area contributed by atoms with Gasteiger partial charge < -0.3 is 14.8 Å². The zero-order valence-corrected chi connectivity index (χ0v) is 11.9. The second-order valence-corrected chi connectivity index (χ2v) is 6.24. The van der Waals surface area contributed by atoms with Crippen molar-refractivity contribution >= 4 is 12.0 Å². The highest BCUT2D eigenvalue weighted by Crippen LogP contribution is 2.44. The molecular formula is C17H19NO3. The van der Waals surface area contributed by atoms with Crippen LogP contribution in [0.1, 0.15) is 31.2 Å². The highest BCUT2D eigenvalue weighted by atomic mass is 16.7. The average molecular weight is 285 g/mol. The van der Waals surface area contributed by atoms with E-state index in [1.165, 1.54) is 19.3 Å². The molecule has 2 aliphatic carbocycles. The molecule has 1 heterocycles. The molecule has 1 amide bonds. The number of carbonyl (C=O) groups is 1. The predicted molar refractivity (Wildman–Crippen MR) is 79.0 cm³/mol. The highest BCUT2D eigenvalue weighted by Gasteiger charge is 2.39. The Hall–Kier alpha value is -1.97. The number of hydrogen-bond acceptors (Lipinski definition) is 3. The first-order chi connectivity index (χ1) is 10.3. The van der Waals surface area contributed by atoms with Gasteiger partial charge in [0.15, 0.2) is 11.5 Å². The van der Waals surface area contributed by atoms with Crippen molar-refractivity contribution in [3.05, 3.63) is 29.8 Å². The minimum Gasteiger partial charge on any atom is -0.454 e. The summed E-state index contributed by atoms with van der Waals surface area (Å²) >= 11 is 0. The lowest BCUT2D eigenvalue weighted by Crippen LogP contribution is -2.37. The van der Waals surface area contributed by atoms with Crippen molar-refractivity contribution in [2.24, 2.45) is 11.8 Å². The van der Waals surface area contributed by atoms with Crippen LogP contribution in [-0.4, -0.2) is 18.7 Å². The third-order valence-corrected chi connectivity index (χ3v) is 4.89. The van der Waals surface area contributed by atoms with Crippen LogP contribution >= 0.6 is 0 Å². The molecular weight excluding hydrogens is 266 g/mol. The van der Waals surface area contributed by atoms with Gasteiger partial charge in [-0.25, -0.2) is 0 Å². The standard InChI is InChI=1S/C17H19NO3/c19-17(18-14-8-12-1-4-13(14)7-12)6-3-11-2-5-15-16(9-11)21-10-20-15/h2-3,5-6,9,12-14H,1,4,7-8,10H2,(H,18,19)/b6-3+/t12-,13-,14+/m0/s1. The monoisotopic (exact) mass is 285 g/mol. The van der Waals surface area contributed by atoms with Crippen LogP contribution in [-0.2, 0) is 4.79 Å². The first kappa shape index (κ1) is 12.7. The number of hydrogen-bond donors (Lipinski definition) is 1. The third-order valence-electron chi connectivity index (χ3n) is 4.89. The van der Waals surface area contributed by atoms with Gasteiger partial charge in [0.2, 0.25) is 12.7 Å². The fourth-order valence-corrected chi connectivity index (χ4v) is 3.84. The van der Waals surface area contributed by atoms with Gasteiger partial charge in [-0.3, -0.25) is 4.79 Å². The Labute approximate surface area is 124 Å². The van der Waals surface area contributed by atoms with Gasteiger partial charge in [-0.05, 0) is 54.9 Å². The van der Waals surface area contributed by atoms with E-state index >= 15 is 0 Å². The molecule has 1 aromatic rings. The second-order valence-electron chi connectivity index (χ2n) is 6.24. The Balaban J connectivity index is 1.37. The topological polar surface area (TPSA) is 47.6 Å². The van der Waals surface area contributed by atoms with Crippen LogP contribution in [0, 0.1) is 11.8 Å². The van der Waals surface area contributed by atoms with Crippen molar-refractivity contribution in [1.29, 1.82) is 0 Å². The van der Waals surface area contributed by atoms with Gasteiger partial charge in [-0.1, -0.05) is 12.5 Å². The third kappa shape index (κ3) is 2.50. The Morgan fingerprint density at radius 2 is 2.10 bits per heavy atom. The lowest BCUT2D eigenvalue weighted by molar-refractivity contribution is -0.117. The highest BCUT2D eigenvalue weighted by molar-refractivity contribution is 5.92. The molecule has 110 valence electrons. The maximum Gasteiger partial charge on any atom is 0.244 e. The molecule has 1 N–H and O–H groups in total. The van der Waals surface area contributed by atoms with E-state index in [2.05, 4.69) is 5.32 Å². The normalized spacial score (nSPS) is 29.2. The predicted octanol–water partition coefficient (Wildman–Crippen LogP) is 2.73. The summed E-state index contributed by atoms with van der Waals surface area (Å²) in [5.74, 6) is 3.06. The largest absolute Gasteiger partial charge is 0.454 e. The summed E-state index contributed by atoms with van der Waals surface area (Å²) in [7, 11) is 0. The van der Waals surface area contributed by atoms with Crippen molar-refractivity contribution in [3.63, 3.8) is 0 Å². The molecule has 1 aromatic carbocycles. The summed E-state index contributed by atoms with van der Waals surface area (Å²) < 4.78 is 10.6. The molecule has 4 rings (SSSR count). The van der Waals surface area contributed by atoms with E-state index in [4.69, 9.17) is 9.47 Å². The van der Waals surface area contributed by atoms with Gasteiger partial charge in [0, 0.05) is 12.1 Å². The number of nitrogens with one attached hydrogen (secondary N) is 1. The van der Waals surface area contributed by atoms with Crippen molar-refractivity contribution < 1.29 is 14.3 Å². The van der Waals surface area contributed by atoms with Crippen LogP contribution in [0.2, 0.25) is 0 Å². The molecule has 4 heteroatoms. The number of ether oxygens (including phenoxy) is 2. The van der Waals surface area contributed by atoms with Gasteiger partial charge in [-0.2, -0.15) is 0 Å². The van der Waals surface area contributed by atoms with Crippen molar-refractivity contribution in [3.8, 4) is 11.5 Å². The molecule has 1 aliphatic heterocycles. The van der Waals surface area contributed by atoms with E-state index in [9.17, 15) is 4.79 Å². The maximum atomic E-state index is 12.0. The second kappa shape index (κ2) is 5.10. The number of rotatable bonds is 3. The number of amides is 1. The molecule has 0 aromatic heterocycles. The average Bonchev–Trinajstić information content (AvgIpc) is 3.20. The molecule has 2 bridgehead atoms. The fraction of sp³-hybridized carbons (Fsp3) is 0.471. The molecule has 0 saturated heterocycles. The zero-order chi connectivity index (χ0) is 14.2. The fourth-order valence-electron chi connectivity index (χ4n) is 3.84. The van der Waals surface area contributed by atoms with Crippen LogP contribution in [0.15, 0.2) is 24.3 Å². The van der Waals surface area contributed by atoms with Crippen molar-refractivity contribution in [2.75, 3.05) is 6.79 Å². The summed E-state index contributed by atoms with van der Waals surface area (Å²) in [5, 5.41) is 3.15. The summed E-state index contributed by atoms with van der Waals surface area (Å²) in [6.45, 7) is 0.271. The van der Waals surface area contributed by atoms with E-state index in [1.807, 2.05) is 24.3 Å². The zero-order valence-electron chi connectivity index (χ0n) is 11.9.